The summed E-state index contributed by atoms with van der Waals surface area (Å²) < 4.78 is 48.9. The van der Waals surface area contributed by atoms with Crippen molar-refractivity contribution < 1.29 is 123 Å². The number of phenolic OH excluding ortho intramolecular Hbond substituents is 2. The molecule has 4 aliphatic rings. The quantitative estimate of drug-likeness (QED) is 0.0399. The van der Waals surface area contributed by atoms with E-state index in [0.29, 0.717) is 5.56 Å². The topological polar surface area (TPSA) is 401 Å². The van der Waals surface area contributed by atoms with Crippen LogP contribution >= 0.6 is 0 Å². The number of carboxylic acids is 1. The first-order valence-electron chi connectivity index (χ1n) is 20.8. The van der Waals surface area contributed by atoms with Crippen molar-refractivity contribution in [2.45, 2.75) is 105 Å². The summed E-state index contributed by atoms with van der Waals surface area (Å²) in [6.45, 7) is -2.08. The van der Waals surface area contributed by atoms with Crippen molar-refractivity contribution in [3.8, 4) is 28.7 Å². The summed E-state index contributed by atoms with van der Waals surface area (Å²) in [5.74, 6) is -4.41. The van der Waals surface area contributed by atoms with E-state index in [-0.39, 0.29) is 39.9 Å². The third kappa shape index (κ3) is 11.0. The number of carboxylic acid groups (broad SMARTS) is 1. The van der Waals surface area contributed by atoms with Crippen LogP contribution in [0.2, 0.25) is 0 Å². The fourth-order valence-corrected chi connectivity index (χ4v) is 7.47. The van der Waals surface area contributed by atoms with Crippen LogP contribution in [0.5, 0.6) is 28.7 Å². The van der Waals surface area contributed by atoms with Crippen molar-refractivity contribution in [1.29, 1.82) is 0 Å². The summed E-state index contributed by atoms with van der Waals surface area (Å²) in [4.78, 5) is 35.7. The van der Waals surface area contributed by atoms with E-state index in [1.165, 1.54) is 60.7 Å². The molecule has 0 aliphatic carbocycles. The number of aromatic hydroxyl groups is 3. The Morgan fingerprint density at radius 3 is 1.66 bits per heavy atom. The fraction of sp³-hybridized carbons (Fsp3) is 0.465. The maximum atomic E-state index is 13.0. The van der Waals surface area contributed by atoms with Crippen LogP contribution in [-0.4, -0.2) is 201 Å². The minimum atomic E-state index is -1.91. The van der Waals surface area contributed by atoms with Gasteiger partial charge in [0.1, 0.15) is 121 Å². The molecule has 0 aromatic heterocycles. The second-order valence-electron chi connectivity index (χ2n) is 16.0. The number of phenols is 2. The largest absolute Gasteiger partial charge is 0.571 e. The Kier molecular flexibility index (Phi) is 15.6. The van der Waals surface area contributed by atoms with Crippen LogP contribution in [-0.2, 0) is 38.0 Å². The van der Waals surface area contributed by atoms with Gasteiger partial charge in [-0.25, -0.2) is 4.79 Å². The summed E-state index contributed by atoms with van der Waals surface area (Å²) in [5, 5.41) is 134. The van der Waals surface area contributed by atoms with E-state index >= 15 is 0 Å². The van der Waals surface area contributed by atoms with Gasteiger partial charge in [0.05, 0.1) is 23.8 Å². The second-order valence-corrected chi connectivity index (χ2v) is 16.0. The molecule has 0 spiro atoms. The van der Waals surface area contributed by atoms with Crippen LogP contribution in [0.1, 0.15) is 34.0 Å². The molecule has 4 heterocycles. The standard InChI is InChI=1S/C43H48O25/c44-13-25-30(50)33(53)36(56)41(66-25)62-19-7-3-17(4-8-19)40(59)61-15-27-32(52)34(54)37(57)42(67-27)63-20-9-22(46)21-11-24(39(64-23(21)10-20)16-1-5-18(45)6-2-16)65-43-38(58)35(55)31(51)26(68-43)14-60-29(49)12-28(47)48/h1-11,25-27,30-39,41-46,50-58H,12-15H2,(H,47,48)/p+1. The molecule has 0 radical (unpaired) electrons. The number of hydrogen-bond donors (Lipinski definition) is 13. The molecule has 3 saturated heterocycles. The normalized spacial score (nSPS) is 33.5. The van der Waals surface area contributed by atoms with Gasteiger partial charge in [-0.2, -0.15) is 0 Å². The summed E-state index contributed by atoms with van der Waals surface area (Å²) in [5.41, 5.74) is 0.339. The maximum absolute atomic E-state index is 13.0. The second kappa shape index (κ2) is 21.2. The highest BCUT2D eigenvalue weighted by Crippen LogP contribution is 2.46. The van der Waals surface area contributed by atoms with Crippen LogP contribution in [0.15, 0.2) is 66.4 Å². The first kappa shape index (κ1) is 50.0. The third-order valence-corrected chi connectivity index (χ3v) is 11.3. The molecule has 370 valence electrons. The van der Waals surface area contributed by atoms with Crippen molar-refractivity contribution in [2.24, 2.45) is 0 Å². The lowest BCUT2D eigenvalue weighted by atomic mass is 9.98. The lowest BCUT2D eigenvalue weighted by Gasteiger charge is -2.41. The van der Waals surface area contributed by atoms with Crippen LogP contribution in [0.4, 0.5) is 0 Å². The lowest BCUT2D eigenvalue weighted by molar-refractivity contribution is -0.296. The zero-order valence-corrected chi connectivity index (χ0v) is 35.2. The van der Waals surface area contributed by atoms with Crippen LogP contribution in [0.25, 0.3) is 6.08 Å². The smallest absolute Gasteiger partial charge is 0.338 e. The summed E-state index contributed by atoms with van der Waals surface area (Å²) in [6.07, 6.45) is -26.2. The molecule has 0 bridgehead atoms. The predicted octanol–water partition coefficient (Wildman–Crippen LogP) is -3.50. The molecule has 3 fully saturated rings. The first-order chi connectivity index (χ1) is 32.3. The zero-order valence-electron chi connectivity index (χ0n) is 35.2. The molecular weight excluding hydrogens is 916 g/mol. The van der Waals surface area contributed by atoms with Gasteiger partial charge in [0.2, 0.25) is 18.9 Å². The third-order valence-electron chi connectivity index (χ3n) is 11.3. The van der Waals surface area contributed by atoms with E-state index in [1.807, 2.05) is 0 Å². The number of ether oxygens (including phenoxy) is 9. The van der Waals surface area contributed by atoms with Crippen molar-refractivity contribution in [2.75, 3.05) is 19.8 Å². The van der Waals surface area contributed by atoms with Gasteiger partial charge in [0.25, 0.3) is 11.9 Å². The average molecular weight is 966 g/mol. The number of fused-ring (bicyclic) bond motifs is 1. The minimum absolute atomic E-state index is 0.00578. The Morgan fingerprint density at radius 2 is 1.10 bits per heavy atom. The molecule has 14 N–H and O–H groups in total. The monoisotopic (exact) mass is 965 g/mol. The molecule has 3 aromatic rings. The molecule has 25 heteroatoms. The molecule has 4 aliphatic heterocycles. The molecule has 3 aromatic carbocycles. The van der Waals surface area contributed by atoms with E-state index in [2.05, 4.69) is 4.74 Å². The van der Waals surface area contributed by atoms with Gasteiger partial charge in [-0.05, 0) is 48.5 Å². The Labute approximate surface area is 383 Å². The fourth-order valence-electron chi connectivity index (χ4n) is 7.47. The highest BCUT2D eigenvalue weighted by Gasteiger charge is 2.49. The van der Waals surface area contributed by atoms with Crippen LogP contribution in [0, 0.1) is 0 Å². The first-order valence-corrected chi connectivity index (χ1v) is 20.8. The van der Waals surface area contributed by atoms with Gasteiger partial charge in [-0.3, -0.25) is 9.59 Å². The van der Waals surface area contributed by atoms with Crippen molar-refractivity contribution in [3.05, 3.63) is 83.1 Å². The Bertz CT molecular complexity index is 2270. The SMILES string of the molecule is O=C(O)CC(=O)OCC1OC(OC2=Cc3c(O)cc(OC4OC(COC(=O)c5ccc(OC6OC(CO)C(O)C(O)C6O)cc5)C(O)C(O)C4O)cc3[OH+]C2c2ccc(O)cc2)C(O)C(O)C1O. The molecule has 7 rings (SSSR count). The van der Waals surface area contributed by atoms with Gasteiger partial charge in [-0.1, -0.05) is 0 Å². The molecule has 16 unspecified atom stereocenters. The number of carbonyl (C=O) groups excluding carboxylic acids is 2. The Morgan fingerprint density at radius 1 is 0.588 bits per heavy atom. The summed E-state index contributed by atoms with van der Waals surface area (Å²) >= 11 is 0. The van der Waals surface area contributed by atoms with Crippen LogP contribution in [0.3, 0.4) is 0 Å². The number of aliphatic carboxylic acids is 1. The number of esters is 2. The highest BCUT2D eigenvalue weighted by atomic mass is 16.7. The Balaban J connectivity index is 1.03. The number of carbonyl (C=O) groups is 3. The predicted molar refractivity (Wildman–Crippen MR) is 218 cm³/mol. The maximum Gasteiger partial charge on any atom is 0.338 e. The Hall–Kier alpha value is -5.91. The summed E-state index contributed by atoms with van der Waals surface area (Å²) in [7, 11) is 0. The molecule has 0 saturated carbocycles. The number of aliphatic hydroxyl groups excluding tert-OH is 10. The van der Waals surface area contributed by atoms with Crippen molar-refractivity contribution >= 4 is 24.0 Å². The van der Waals surface area contributed by atoms with Crippen molar-refractivity contribution in [3.63, 3.8) is 0 Å². The molecule has 16 atom stereocenters. The van der Waals surface area contributed by atoms with Crippen molar-refractivity contribution in [1.82, 2.24) is 0 Å². The van der Waals surface area contributed by atoms with E-state index < -0.39 is 148 Å². The zero-order chi connectivity index (χ0) is 49.1. The number of hydrogen-bond acceptors (Lipinski definition) is 23. The van der Waals surface area contributed by atoms with Crippen LogP contribution < -0.4 is 9.47 Å². The number of benzene rings is 3. The van der Waals surface area contributed by atoms with Gasteiger partial charge < -0.3 is 109 Å². The van der Waals surface area contributed by atoms with E-state index in [9.17, 15) is 75.7 Å². The van der Waals surface area contributed by atoms with Gasteiger partial charge in [0.15, 0.2) is 5.76 Å². The van der Waals surface area contributed by atoms with Gasteiger partial charge >= 0.3 is 17.9 Å². The van der Waals surface area contributed by atoms with Gasteiger partial charge in [0, 0.05) is 12.1 Å². The van der Waals surface area contributed by atoms with Gasteiger partial charge in [-0.15, -0.1) is 0 Å². The lowest BCUT2D eigenvalue weighted by Crippen LogP contribution is -2.60. The minimum Gasteiger partial charge on any atom is -0.571 e. The number of rotatable bonds is 15. The molecule has 68 heavy (non-hydrogen) atoms. The average Bonchev–Trinajstić information content (AvgIpc) is 3.31. The van der Waals surface area contributed by atoms with E-state index in [4.69, 9.17) is 43.0 Å². The summed E-state index contributed by atoms with van der Waals surface area (Å²) in [6, 6.07) is 13.1. The molecular formula is C43H49O25+. The molecule has 0 amide bonds. The van der Waals surface area contributed by atoms with E-state index in [0.717, 1.165) is 6.07 Å². The number of aliphatic hydroxyl groups is 11. The highest BCUT2D eigenvalue weighted by molar-refractivity contribution is 5.90. The molecule has 25 nitrogen and oxygen atoms in total. The van der Waals surface area contributed by atoms with E-state index in [1.54, 1.807) is 0 Å².